The second-order valence-electron chi connectivity index (χ2n) is 7.21. The standard InChI is InChI=1S/C23H30N2O3S/c1-24(14-11-18-9-10-20(27-2)21(17-18)28-3)15-12-23(26)25-13-6-16-29-22-8-5-4-7-19(22)25/h4-5,7-10,17H,6,11-16H2,1-3H3. The van der Waals surface area contributed by atoms with Gasteiger partial charge in [-0.3, -0.25) is 4.79 Å². The molecule has 0 fully saturated rings. The first kappa shape index (κ1) is 21.5. The fourth-order valence-electron chi connectivity index (χ4n) is 3.48. The van der Waals surface area contributed by atoms with E-state index in [1.807, 2.05) is 40.9 Å². The van der Waals surface area contributed by atoms with E-state index < -0.39 is 0 Å². The van der Waals surface area contributed by atoms with Crippen LogP contribution in [0, 0.1) is 0 Å². The number of thioether (sulfide) groups is 1. The summed E-state index contributed by atoms with van der Waals surface area (Å²) in [4.78, 5) is 18.3. The summed E-state index contributed by atoms with van der Waals surface area (Å²) in [5.41, 5.74) is 2.26. The summed E-state index contributed by atoms with van der Waals surface area (Å²) < 4.78 is 10.7. The van der Waals surface area contributed by atoms with Crippen LogP contribution in [-0.2, 0) is 11.2 Å². The van der Waals surface area contributed by atoms with Gasteiger partial charge in [-0.05, 0) is 55.5 Å². The first-order valence-corrected chi connectivity index (χ1v) is 11.0. The van der Waals surface area contributed by atoms with E-state index in [-0.39, 0.29) is 5.91 Å². The molecule has 0 spiro atoms. The Hall–Kier alpha value is -2.18. The summed E-state index contributed by atoms with van der Waals surface area (Å²) in [7, 11) is 5.36. The van der Waals surface area contributed by atoms with Gasteiger partial charge < -0.3 is 19.3 Å². The molecule has 0 saturated heterocycles. The number of nitrogens with zero attached hydrogens (tertiary/aromatic N) is 2. The monoisotopic (exact) mass is 414 g/mol. The highest BCUT2D eigenvalue weighted by atomic mass is 32.2. The predicted octanol–water partition coefficient (Wildman–Crippen LogP) is 4.10. The topological polar surface area (TPSA) is 42.0 Å². The molecule has 1 aliphatic heterocycles. The van der Waals surface area contributed by atoms with Crippen molar-refractivity contribution in [3.8, 4) is 11.5 Å². The highest BCUT2D eigenvalue weighted by molar-refractivity contribution is 7.99. The van der Waals surface area contributed by atoms with Crippen LogP contribution < -0.4 is 14.4 Å². The molecule has 0 N–H and O–H groups in total. The molecule has 156 valence electrons. The summed E-state index contributed by atoms with van der Waals surface area (Å²) in [6.45, 7) is 2.44. The normalized spacial score (nSPS) is 13.7. The Labute approximate surface area is 178 Å². The molecule has 0 aliphatic carbocycles. The highest BCUT2D eigenvalue weighted by Gasteiger charge is 2.21. The third kappa shape index (κ3) is 5.67. The number of methoxy groups -OCH3 is 2. The minimum atomic E-state index is 0.206. The van der Waals surface area contributed by atoms with Crippen molar-refractivity contribution in [1.82, 2.24) is 4.90 Å². The highest BCUT2D eigenvalue weighted by Crippen LogP contribution is 2.33. The number of anilines is 1. The lowest BCUT2D eigenvalue weighted by Crippen LogP contribution is -2.34. The Balaban J connectivity index is 1.52. The van der Waals surface area contributed by atoms with Gasteiger partial charge in [-0.15, -0.1) is 11.8 Å². The molecule has 6 heteroatoms. The Bertz CT molecular complexity index is 828. The fraction of sp³-hybridized carbons (Fsp3) is 0.435. The number of hydrogen-bond donors (Lipinski definition) is 0. The lowest BCUT2D eigenvalue weighted by Gasteiger charge is -2.24. The van der Waals surface area contributed by atoms with Gasteiger partial charge in [-0.1, -0.05) is 18.2 Å². The van der Waals surface area contributed by atoms with Crippen LogP contribution in [0.1, 0.15) is 18.4 Å². The van der Waals surface area contributed by atoms with Crippen molar-refractivity contribution in [1.29, 1.82) is 0 Å². The van der Waals surface area contributed by atoms with Crippen LogP contribution in [-0.4, -0.2) is 57.5 Å². The average molecular weight is 415 g/mol. The molecule has 0 aromatic heterocycles. The molecular formula is C23H30N2O3S. The van der Waals surface area contributed by atoms with Gasteiger partial charge in [-0.2, -0.15) is 0 Å². The first-order chi connectivity index (χ1) is 14.1. The van der Waals surface area contributed by atoms with Crippen LogP contribution in [0.25, 0.3) is 0 Å². The van der Waals surface area contributed by atoms with Gasteiger partial charge in [0.15, 0.2) is 11.5 Å². The van der Waals surface area contributed by atoms with Gasteiger partial charge in [0.1, 0.15) is 0 Å². The van der Waals surface area contributed by atoms with Gasteiger partial charge in [0.2, 0.25) is 5.91 Å². The van der Waals surface area contributed by atoms with Gasteiger partial charge in [0.25, 0.3) is 0 Å². The number of rotatable bonds is 8. The van der Waals surface area contributed by atoms with Crippen molar-refractivity contribution in [3.63, 3.8) is 0 Å². The van der Waals surface area contributed by atoms with E-state index in [9.17, 15) is 4.79 Å². The van der Waals surface area contributed by atoms with Crippen molar-refractivity contribution in [2.45, 2.75) is 24.2 Å². The quantitative estimate of drug-likeness (QED) is 0.651. The van der Waals surface area contributed by atoms with Crippen LogP contribution >= 0.6 is 11.8 Å². The number of benzene rings is 2. The molecule has 0 radical (unpaired) electrons. The molecule has 0 unspecified atom stereocenters. The molecule has 1 heterocycles. The molecule has 1 aliphatic rings. The minimum absolute atomic E-state index is 0.206. The molecule has 2 aromatic rings. The Morgan fingerprint density at radius 3 is 2.69 bits per heavy atom. The van der Waals surface area contributed by atoms with E-state index >= 15 is 0 Å². The molecule has 1 amide bonds. The maximum atomic E-state index is 12.9. The van der Waals surface area contributed by atoms with E-state index in [1.165, 1.54) is 10.5 Å². The maximum Gasteiger partial charge on any atom is 0.228 e. The minimum Gasteiger partial charge on any atom is -0.493 e. The summed E-state index contributed by atoms with van der Waals surface area (Å²) in [5.74, 6) is 2.76. The van der Waals surface area contributed by atoms with Crippen LogP contribution in [0.4, 0.5) is 5.69 Å². The zero-order valence-corrected chi connectivity index (χ0v) is 18.3. The molecule has 0 saturated carbocycles. The smallest absolute Gasteiger partial charge is 0.228 e. The molecule has 29 heavy (non-hydrogen) atoms. The van der Waals surface area contributed by atoms with Crippen molar-refractivity contribution in [2.24, 2.45) is 0 Å². The fourth-order valence-corrected chi connectivity index (χ4v) is 4.47. The molecule has 2 aromatic carbocycles. The molecular weight excluding hydrogens is 384 g/mol. The van der Waals surface area contributed by atoms with E-state index in [0.29, 0.717) is 6.42 Å². The average Bonchev–Trinajstić information content (AvgIpc) is 2.98. The van der Waals surface area contributed by atoms with Crippen molar-refractivity contribution >= 4 is 23.4 Å². The van der Waals surface area contributed by atoms with Crippen molar-refractivity contribution in [3.05, 3.63) is 48.0 Å². The third-order valence-electron chi connectivity index (χ3n) is 5.18. The number of fused-ring (bicyclic) bond motifs is 1. The zero-order chi connectivity index (χ0) is 20.6. The predicted molar refractivity (Wildman–Crippen MR) is 120 cm³/mol. The SMILES string of the molecule is COc1ccc(CCN(C)CCC(=O)N2CCCSc3ccccc32)cc1OC. The van der Waals surface area contributed by atoms with E-state index in [4.69, 9.17) is 9.47 Å². The molecule has 0 bridgehead atoms. The second kappa shape index (κ2) is 10.6. The Kier molecular flexibility index (Phi) is 7.83. The van der Waals surface area contributed by atoms with E-state index in [1.54, 1.807) is 14.2 Å². The number of para-hydroxylation sites is 1. The lowest BCUT2D eigenvalue weighted by molar-refractivity contribution is -0.118. The first-order valence-electron chi connectivity index (χ1n) is 10.0. The van der Waals surface area contributed by atoms with Crippen LogP contribution in [0.5, 0.6) is 11.5 Å². The summed E-state index contributed by atoms with van der Waals surface area (Å²) in [6, 6.07) is 14.2. The van der Waals surface area contributed by atoms with E-state index in [0.717, 1.165) is 55.4 Å². The number of amides is 1. The molecule has 3 rings (SSSR count). The van der Waals surface area contributed by atoms with Crippen LogP contribution in [0.2, 0.25) is 0 Å². The van der Waals surface area contributed by atoms with Crippen molar-refractivity contribution in [2.75, 3.05) is 51.6 Å². The summed E-state index contributed by atoms with van der Waals surface area (Å²) in [6.07, 6.45) is 2.45. The maximum absolute atomic E-state index is 12.9. The Morgan fingerprint density at radius 1 is 1.10 bits per heavy atom. The lowest BCUT2D eigenvalue weighted by atomic mass is 10.1. The zero-order valence-electron chi connectivity index (χ0n) is 17.5. The number of likely N-dealkylation sites (N-methyl/N-ethyl adjacent to an activating group) is 1. The van der Waals surface area contributed by atoms with Gasteiger partial charge in [0, 0.05) is 31.0 Å². The van der Waals surface area contributed by atoms with Gasteiger partial charge >= 0.3 is 0 Å². The number of hydrogen-bond acceptors (Lipinski definition) is 5. The van der Waals surface area contributed by atoms with Crippen molar-refractivity contribution < 1.29 is 14.3 Å². The number of carbonyl (C=O) groups is 1. The van der Waals surface area contributed by atoms with Crippen LogP contribution in [0.3, 0.4) is 0 Å². The molecule has 0 atom stereocenters. The van der Waals surface area contributed by atoms with Gasteiger partial charge in [0.05, 0.1) is 19.9 Å². The largest absolute Gasteiger partial charge is 0.493 e. The van der Waals surface area contributed by atoms with E-state index in [2.05, 4.69) is 30.1 Å². The van der Waals surface area contributed by atoms with Gasteiger partial charge in [-0.25, -0.2) is 0 Å². The second-order valence-corrected chi connectivity index (χ2v) is 8.34. The molecule has 5 nitrogen and oxygen atoms in total. The number of carbonyl (C=O) groups excluding carboxylic acids is 1. The summed E-state index contributed by atoms with van der Waals surface area (Å²) >= 11 is 1.84. The Morgan fingerprint density at radius 2 is 1.90 bits per heavy atom. The third-order valence-corrected chi connectivity index (χ3v) is 6.33. The number of ether oxygens (including phenoxy) is 2. The van der Waals surface area contributed by atoms with Crippen LogP contribution in [0.15, 0.2) is 47.4 Å². The summed E-state index contributed by atoms with van der Waals surface area (Å²) in [5, 5.41) is 0.